The molecule has 0 amide bonds. The van der Waals surface area contributed by atoms with Crippen LogP contribution < -0.4 is 0 Å². The van der Waals surface area contributed by atoms with Gasteiger partial charge in [-0.1, -0.05) is 0 Å². The lowest BCUT2D eigenvalue weighted by Crippen LogP contribution is -2.04. The molecule has 0 unspecified atom stereocenters. The molecule has 0 spiro atoms. The maximum absolute atomic E-state index is 11.1. The highest BCUT2D eigenvalue weighted by Crippen LogP contribution is 2.11. The fourth-order valence-corrected chi connectivity index (χ4v) is 1.50. The SMILES string of the molecule is CCOC(=O)c1nc(COC)cs1. The summed E-state index contributed by atoms with van der Waals surface area (Å²) in [7, 11) is 1.59. The van der Waals surface area contributed by atoms with E-state index in [-0.39, 0.29) is 5.97 Å². The van der Waals surface area contributed by atoms with E-state index < -0.39 is 0 Å². The molecular weight excluding hydrogens is 190 g/mol. The largest absolute Gasteiger partial charge is 0.461 e. The van der Waals surface area contributed by atoms with E-state index in [1.807, 2.05) is 0 Å². The van der Waals surface area contributed by atoms with Gasteiger partial charge in [-0.3, -0.25) is 0 Å². The van der Waals surface area contributed by atoms with E-state index in [1.54, 1.807) is 19.4 Å². The fourth-order valence-electron chi connectivity index (χ4n) is 0.808. The van der Waals surface area contributed by atoms with Crippen molar-refractivity contribution in [1.82, 2.24) is 4.98 Å². The Hall–Kier alpha value is -0.940. The second-order valence-electron chi connectivity index (χ2n) is 2.30. The van der Waals surface area contributed by atoms with Crippen LogP contribution in [0.5, 0.6) is 0 Å². The molecule has 1 heterocycles. The summed E-state index contributed by atoms with van der Waals surface area (Å²) in [5.41, 5.74) is 0.760. The summed E-state index contributed by atoms with van der Waals surface area (Å²) in [4.78, 5) is 15.2. The van der Waals surface area contributed by atoms with Gasteiger partial charge in [-0.05, 0) is 6.92 Å². The van der Waals surface area contributed by atoms with Crippen LogP contribution in [-0.4, -0.2) is 24.7 Å². The van der Waals surface area contributed by atoms with Crippen molar-refractivity contribution in [1.29, 1.82) is 0 Å². The molecule has 0 aliphatic heterocycles. The molecular formula is C8H11NO3S. The van der Waals surface area contributed by atoms with Gasteiger partial charge >= 0.3 is 5.97 Å². The van der Waals surface area contributed by atoms with Crippen molar-refractivity contribution in [2.45, 2.75) is 13.5 Å². The number of esters is 1. The Morgan fingerprint density at radius 1 is 1.69 bits per heavy atom. The Balaban J connectivity index is 2.62. The van der Waals surface area contributed by atoms with Crippen LogP contribution in [0, 0.1) is 0 Å². The molecule has 0 saturated heterocycles. The molecule has 0 aromatic carbocycles. The molecule has 0 fully saturated rings. The Kier molecular flexibility index (Phi) is 3.85. The van der Waals surface area contributed by atoms with Gasteiger partial charge in [-0.25, -0.2) is 9.78 Å². The highest BCUT2D eigenvalue weighted by atomic mass is 32.1. The van der Waals surface area contributed by atoms with E-state index in [0.717, 1.165) is 5.69 Å². The highest BCUT2D eigenvalue weighted by Gasteiger charge is 2.11. The summed E-state index contributed by atoms with van der Waals surface area (Å²) in [6.45, 7) is 2.56. The van der Waals surface area contributed by atoms with E-state index in [4.69, 9.17) is 9.47 Å². The summed E-state index contributed by atoms with van der Waals surface area (Å²) >= 11 is 1.27. The van der Waals surface area contributed by atoms with Crippen molar-refractivity contribution >= 4 is 17.3 Å². The molecule has 0 N–H and O–H groups in total. The summed E-state index contributed by atoms with van der Waals surface area (Å²) in [6.07, 6.45) is 0. The minimum atomic E-state index is -0.366. The van der Waals surface area contributed by atoms with Crippen LogP contribution >= 0.6 is 11.3 Å². The Morgan fingerprint density at radius 3 is 3.08 bits per heavy atom. The van der Waals surface area contributed by atoms with Gasteiger partial charge < -0.3 is 9.47 Å². The van der Waals surface area contributed by atoms with Gasteiger partial charge in [0.15, 0.2) is 0 Å². The average molecular weight is 201 g/mol. The number of hydrogen-bond donors (Lipinski definition) is 0. The fraction of sp³-hybridized carbons (Fsp3) is 0.500. The molecule has 0 saturated carbocycles. The molecule has 0 atom stereocenters. The number of carbonyl (C=O) groups is 1. The lowest BCUT2D eigenvalue weighted by molar-refractivity contribution is 0.0525. The summed E-state index contributed by atoms with van der Waals surface area (Å²) in [6, 6.07) is 0. The number of rotatable bonds is 4. The first-order valence-electron chi connectivity index (χ1n) is 3.88. The molecule has 0 aliphatic rings. The summed E-state index contributed by atoms with van der Waals surface area (Å²) < 4.78 is 9.66. The number of carbonyl (C=O) groups excluding carboxylic acids is 1. The van der Waals surface area contributed by atoms with Crippen LogP contribution in [0.1, 0.15) is 22.4 Å². The number of thiazole rings is 1. The van der Waals surface area contributed by atoms with Gasteiger partial charge in [0.2, 0.25) is 5.01 Å². The lowest BCUT2D eigenvalue weighted by atomic mass is 10.5. The van der Waals surface area contributed by atoms with Crippen molar-refractivity contribution in [3.8, 4) is 0 Å². The normalized spacial score (nSPS) is 10.0. The number of methoxy groups -OCH3 is 1. The standard InChI is InChI=1S/C8H11NO3S/c1-3-12-8(10)7-9-6(4-11-2)5-13-7/h5H,3-4H2,1-2H3. The Labute approximate surface area is 80.5 Å². The molecule has 0 radical (unpaired) electrons. The third-order valence-corrected chi connectivity index (χ3v) is 2.17. The first-order valence-corrected chi connectivity index (χ1v) is 4.76. The van der Waals surface area contributed by atoms with Crippen LogP contribution in [0.4, 0.5) is 0 Å². The lowest BCUT2D eigenvalue weighted by Gasteiger charge is -1.95. The first-order chi connectivity index (χ1) is 6.27. The molecule has 1 aromatic heterocycles. The van der Waals surface area contributed by atoms with Gasteiger partial charge in [-0.2, -0.15) is 0 Å². The molecule has 4 nitrogen and oxygen atoms in total. The molecule has 0 aliphatic carbocycles. The average Bonchev–Trinajstić information content (AvgIpc) is 2.54. The van der Waals surface area contributed by atoms with Crippen molar-refractivity contribution in [3.63, 3.8) is 0 Å². The van der Waals surface area contributed by atoms with Gasteiger partial charge in [0.1, 0.15) is 0 Å². The van der Waals surface area contributed by atoms with Crippen LogP contribution in [0.3, 0.4) is 0 Å². The predicted octanol–water partition coefficient (Wildman–Crippen LogP) is 1.47. The van der Waals surface area contributed by atoms with E-state index in [0.29, 0.717) is 18.2 Å². The first kappa shape index (κ1) is 10.1. The third-order valence-electron chi connectivity index (χ3n) is 1.29. The predicted molar refractivity (Wildman–Crippen MR) is 48.8 cm³/mol. The van der Waals surface area contributed by atoms with Crippen LogP contribution in [0.25, 0.3) is 0 Å². The van der Waals surface area contributed by atoms with Crippen molar-refractivity contribution < 1.29 is 14.3 Å². The van der Waals surface area contributed by atoms with Gasteiger partial charge in [-0.15, -0.1) is 11.3 Å². The zero-order chi connectivity index (χ0) is 9.68. The maximum Gasteiger partial charge on any atom is 0.367 e. The summed E-state index contributed by atoms with van der Waals surface area (Å²) in [5.74, 6) is -0.366. The molecule has 0 bridgehead atoms. The number of nitrogens with zero attached hydrogens (tertiary/aromatic N) is 1. The monoisotopic (exact) mass is 201 g/mol. The molecule has 72 valence electrons. The van der Waals surface area contributed by atoms with E-state index >= 15 is 0 Å². The second kappa shape index (κ2) is 4.94. The number of hydrogen-bond acceptors (Lipinski definition) is 5. The quantitative estimate of drug-likeness (QED) is 0.692. The Morgan fingerprint density at radius 2 is 2.46 bits per heavy atom. The van der Waals surface area contributed by atoms with Crippen LogP contribution in [0.15, 0.2) is 5.38 Å². The van der Waals surface area contributed by atoms with Crippen LogP contribution in [0.2, 0.25) is 0 Å². The van der Waals surface area contributed by atoms with E-state index in [2.05, 4.69) is 4.98 Å². The van der Waals surface area contributed by atoms with E-state index in [9.17, 15) is 4.79 Å². The van der Waals surface area contributed by atoms with Gasteiger partial charge in [0, 0.05) is 12.5 Å². The molecule has 1 aromatic rings. The van der Waals surface area contributed by atoms with Crippen molar-refractivity contribution in [2.75, 3.05) is 13.7 Å². The Bertz CT molecular complexity index is 285. The molecule has 13 heavy (non-hydrogen) atoms. The minimum Gasteiger partial charge on any atom is -0.461 e. The van der Waals surface area contributed by atoms with E-state index in [1.165, 1.54) is 11.3 Å². The maximum atomic E-state index is 11.1. The van der Waals surface area contributed by atoms with Crippen molar-refractivity contribution in [3.05, 3.63) is 16.1 Å². The van der Waals surface area contributed by atoms with Gasteiger partial charge in [0.25, 0.3) is 0 Å². The topological polar surface area (TPSA) is 48.4 Å². The smallest absolute Gasteiger partial charge is 0.367 e. The molecule has 5 heteroatoms. The third kappa shape index (κ3) is 2.78. The highest BCUT2D eigenvalue weighted by molar-refractivity contribution is 7.11. The number of aromatic nitrogens is 1. The van der Waals surface area contributed by atoms with Crippen molar-refractivity contribution in [2.24, 2.45) is 0 Å². The molecule has 1 rings (SSSR count). The zero-order valence-electron chi connectivity index (χ0n) is 7.57. The minimum absolute atomic E-state index is 0.366. The second-order valence-corrected chi connectivity index (χ2v) is 3.16. The van der Waals surface area contributed by atoms with Crippen LogP contribution in [-0.2, 0) is 16.1 Å². The zero-order valence-corrected chi connectivity index (χ0v) is 8.39. The summed E-state index contributed by atoms with van der Waals surface area (Å²) in [5, 5.41) is 2.17. The number of ether oxygens (including phenoxy) is 2. The van der Waals surface area contributed by atoms with Gasteiger partial charge in [0.05, 0.1) is 18.9 Å².